The Morgan fingerprint density at radius 1 is 1.09 bits per heavy atom. The predicted molar refractivity (Wildman–Crippen MR) is 216 cm³/mol. The van der Waals surface area contributed by atoms with Crippen molar-refractivity contribution in [2.75, 3.05) is 82.9 Å². The molecule has 2 aromatic carbocycles. The number of anilines is 2. The van der Waals surface area contributed by atoms with Gasteiger partial charge in [0.2, 0.25) is 12.5 Å². The number of hydrogen-bond acceptors (Lipinski definition) is 8. The van der Waals surface area contributed by atoms with Crippen molar-refractivity contribution in [3.63, 3.8) is 0 Å². The molecule has 3 aliphatic rings. The number of fused-ring (bicyclic) bond motifs is 2. The van der Waals surface area contributed by atoms with Gasteiger partial charge in [0.15, 0.2) is 0 Å². The molecule has 290 valence electrons. The Bertz CT molecular complexity index is 1770. The van der Waals surface area contributed by atoms with Gasteiger partial charge >= 0.3 is 12.2 Å². The molecule has 10 nitrogen and oxygen atoms in total. The molecule has 0 spiro atoms. The van der Waals surface area contributed by atoms with E-state index in [1.165, 1.54) is 19.2 Å². The van der Waals surface area contributed by atoms with Crippen LogP contribution in [-0.2, 0) is 17.8 Å². The van der Waals surface area contributed by atoms with Crippen LogP contribution in [0.25, 0.3) is 15.6 Å². The second-order valence-corrected chi connectivity index (χ2v) is 13.7. The van der Waals surface area contributed by atoms with Crippen LogP contribution in [0.1, 0.15) is 31.5 Å². The summed E-state index contributed by atoms with van der Waals surface area (Å²) in [6, 6.07) is 12.3. The topological polar surface area (TPSA) is 72.6 Å². The van der Waals surface area contributed by atoms with Crippen molar-refractivity contribution < 1.29 is 22.7 Å². The fourth-order valence-corrected chi connectivity index (χ4v) is 7.50. The summed E-state index contributed by atoms with van der Waals surface area (Å²) in [7, 11) is 3.45. The molecule has 53 heavy (non-hydrogen) atoms. The van der Waals surface area contributed by atoms with Gasteiger partial charge in [0.1, 0.15) is 18.5 Å². The molecule has 1 aromatic heterocycles. The maximum atomic E-state index is 13.2. The highest BCUT2D eigenvalue weighted by Gasteiger charge is 2.35. The van der Waals surface area contributed by atoms with Gasteiger partial charge in [0.25, 0.3) is 0 Å². The number of piperazine rings is 1. The van der Waals surface area contributed by atoms with E-state index in [1.807, 2.05) is 18.2 Å². The Hall–Kier alpha value is -3.42. The molecule has 4 heterocycles. The van der Waals surface area contributed by atoms with Crippen molar-refractivity contribution in [2.24, 2.45) is 0 Å². The van der Waals surface area contributed by atoms with Crippen LogP contribution in [0.4, 0.5) is 24.7 Å². The molecule has 0 N–H and O–H groups in total. The van der Waals surface area contributed by atoms with E-state index in [4.69, 9.17) is 32.9 Å². The summed E-state index contributed by atoms with van der Waals surface area (Å²) < 4.78 is 44.5. The number of nitrogens with zero attached hydrogens (tertiary/aromatic N) is 8. The van der Waals surface area contributed by atoms with Crippen molar-refractivity contribution in [3.8, 4) is 6.01 Å². The lowest BCUT2D eigenvalue weighted by molar-refractivity contribution is -0.141. The molecule has 1 amide bonds. The number of rotatable bonds is 10. The molecular weight excluding hydrogens is 745 g/mol. The number of carbonyl (C=O) groups is 1. The van der Waals surface area contributed by atoms with Gasteiger partial charge in [-0.15, -0.1) is 0 Å². The Kier molecular flexibility index (Phi) is 16.0. The van der Waals surface area contributed by atoms with Gasteiger partial charge in [-0.2, -0.15) is 50.1 Å². The highest BCUT2D eigenvalue weighted by atomic mass is 35.5. The molecule has 3 aromatic rings. The third-order valence-corrected chi connectivity index (χ3v) is 10.1. The maximum absolute atomic E-state index is 13.2. The van der Waals surface area contributed by atoms with Gasteiger partial charge in [-0.25, -0.2) is 6.57 Å². The second kappa shape index (κ2) is 19.3. The standard InChI is InChI=1S/C36H42ClF3N8O2.CH4.2H2S/c1-41-20-27-21-47(18-19-48(27)32(49)13-7-15-44(2)24-36(38,39)40)34-28-14-17-46(31-12-5-9-25-8-4-11-29(37)33(25)31)22-30(28)42-35(43-34)50-23-26-10-6-16-45(26)3;;;/h4-5,7-9,11-13,26-27H,6,10,14-24H2,2-3H3;1H4;2*1H2/b13-7+;;;/t26-,27-;;;/m0.../s1. The van der Waals surface area contributed by atoms with Crippen LogP contribution in [0.15, 0.2) is 48.6 Å². The van der Waals surface area contributed by atoms with Crippen molar-refractivity contribution in [2.45, 2.75) is 51.5 Å². The Morgan fingerprint density at radius 3 is 2.55 bits per heavy atom. The smallest absolute Gasteiger partial charge is 0.401 e. The lowest BCUT2D eigenvalue weighted by atomic mass is 10.0. The molecule has 16 heteroatoms. The van der Waals surface area contributed by atoms with E-state index in [-0.39, 0.29) is 59.5 Å². The number of aromatic nitrogens is 2. The number of alkyl halides is 3. The van der Waals surface area contributed by atoms with Crippen LogP contribution in [0, 0.1) is 6.57 Å². The summed E-state index contributed by atoms with van der Waals surface area (Å²) in [5.74, 6) is 0.435. The lowest BCUT2D eigenvalue weighted by Crippen LogP contribution is -2.56. The van der Waals surface area contributed by atoms with Gasteiger partial charge in [0.05, 0.1) is 23.8 Å². The molecule has 3 aliphatic heterocycles. The van der Waals surface area contributed by atoms with Gasteiger partial charge in [-0.3, -0.25) is 9.69 Å². The summed E-state index contributed by atoms with van der Waals surface area (Å²) in [6.45, 7) is 10.6. The SMILES string of the molecule is C.S.S.[C-]#[N+]C[C@H]1CN(c2nc(OC[C@@H]3CCCN3C)nc3c2CCN(c2cccc4cccc(Cl)c24)C3)CCN1C(=O)/C=C/CN(C)CC(F)(F)F. The first-order valence-corrected chi connectivity index (χ1v) is 17.3. The Morgan fingerprint density at radius 2 is 1.85 bits per heavy atom. The number of benzene rings is 2. The molecule has 2 saturated heterocycles. The molecule has 2 fully saturated rings. The fourth-order valence-electron chi connectivity index (χ4n) is 7.22. The van der Waals surface area contributed by atoms with Crippen molar-refractivity contribution in [1.29, 1.82) is 0 Å². The predicted octanol–water partition coefficient (Wildman–Crippen LogP) is 6.17. The molecule has 0 unspecified atom stereocenters. The van der Waals surface area contributed by atoms with Crippen LogP contribution in [0.5, 0.6) is 6.01 Å². The summed E-state index contributed by atoms with van der Waals surface area (Å²) >= 11 is 6.71. The quantitative estimate of drug-likeness (QED) is 0.179. The number of halogens is 4. The minimum atomic E-state index is -4.32. The van der Waals surface area contributed by atoms with Gasteiger partial charge in [0, 0.05) is 61.5 Å². The zero-order valence-electron chi connectivity index (χ0n) is 29.4. The second-order valence-electron chi connectivity index (χ2n) is 13.3. The highest BCUT2D eigenvalue weighted by molar-refractivity contribution is 7.59. The first-order valence-electron chi connectivity index (χ1n) is 17.0. The third-order valence-electron chi connectivity index (χ3n) is 9.77. The van der Waals surface area contributed by atoms with E-state index in [0.29, 0.717) is 50.2 Å². The van der Waals surface area contributed by atoms with Crippen molar-refractivity contribution in [1.82, 2.24) is 24.7 Å². The Labute approximate surface area is 329 Å². The normalized spacial score (nSPS) is 19.0. The zero-order valence-corrected chi connectivity index (χ0v) is 32.1. The number of likely N-dealkylation sites (tertiary alicyclic amines) is 1. The minimum Gasteiger partial charge on any atom is -0.462 e. The van der Waals surface area contributed by atoms with E-state index in [1.54, 1.807) is 4.90 Å². The van der Waals surface area contributed by atoms with E-state index in [9.17, 15) is 18.0 Å². The molecule has 0 radical (unpaired) electrons. The summed E-state index contributed by atoms with van der Waals surface area (Å²) in [5.41, 5.74) is 2.92. The van der Waals surface area contributed by atoms with Crippen LogP contribution in [0.2, 0.25) is 5.02 Å². The number of hydrogen-bond donors (Lipinski definition) is 0. The lowest BCUT2D eigenvalue weighted by Gasteiger charge is -2.41. The van der Waals surface area contributed by atoms with E-state index in [0.717, 1.165) is 64.4 Å². The van der Waals surface area contributed by atoms with Crippen LogP contribution in [-0.4, -0.2) is 122 Å². The van der Waals surface area contributed by atoms with Gasteiger partial charge < -0.3 is 29.2 Å². The monoisotopic (exact) mass is 794 g/mol. The fraction of sp³-hybridized carbons (Fsp3) is 0.514. The minimum absolute atomic E-state index is 0. The number of amides is 1. The summed E-state index contributed by atoms with van der Waals surface area (Å²) in [5, 5.41) is 2.76. The van der Waals surface area contributed by atoms with Gasteiger partial charge in [-0.1, -0.05) is 49.4 Å². The molecule has 2 atom stereocenters. The number of ether oxygens (including phenoxy) is 1. The van der Waals surface area contributed by atoms with Crippen molar-refractivity contribution in [3.05, 3.63) is 76.2 Å². The maximum Gasteiger partial charge on any atom is 0.401 e. The van der Waals surface area contributed by atoms with Gasteiger partial charge in [-0.05, 0) is 57.4 Å². The number of likely N-dealkylation sites (N-methyl/N-ethyl adjacent to an activating group) is 2. The first kappa shape index (κ1) is 44.0. The molecular formula is C37H50ClF3N8O2S2. The number of carbonyl (C=O) groups excluding carboxylic acids is 1. The van der Waals surface area contributed by atoms with Crippen LogP contribution < -0.4 is 14.5 Å². The molecule has 6 rings (SSSR count). The van der Waals surface area contributed by atoms with Crippen LogP contribution in [0.3, 0.4) is 0 Å². The molecule has 0 saturated carbocycles. The highest BCUT2D eigenvalue weighted by Crippen LogP contribution is 2.37. The van der Waals surface area contributed by atoms with E-state index < -0.39 is 18.8 Å². The van der Waals surface area contributed by atoms with Crippen molar-refractivity contribution >= 4 is 66.8 Å². The molecule has 0 bridgehead atoms. The summed E-state index contributed by atoms with van der Waals surface area (Å²) in [4.78, 5) is 36.2. The first-order chi connectivity index (χ1) is 24.0. The summed E-state index contributed by atoms with van der Waals surface area (Å²) in [6.07, 6.45) is 1.28. The largest absolute Gasteiger partial charge is 0.462 e. The Balaban J connectivity index is 0.00000252. The molecule has 0 aliphatic carbocycles. The van der Waals surface area contributed by atoms with E-state index in [2.05, 4.69) is 44.8 Å². The average Bonchev–Trinajstić information content (AvgIpc) is 3.50. The third kappa shape index (κ3) is 10.6. The van der Waals surface area contributed by atoms with Crippen LogP contribution >= 0.6 is 38.6 Å². The zero-order chi connectivity index (χ0) is 35.4. The van der Waals surface area contributed by atoms with E-state index >= 15 is 0 Å². The average molecular weight is 795 g/mol.